The molecule has 3 amide bonds. The number of rotatable bonds is 9. The first-order chi connectivity index (χ1) is 29.2. The van der Waals surface area contributed by atoms with Gasteiger partial charge in [-0.2, -0.15) is 0 Å². The number of halogens is 2. The number of imidazole rings is 2. The van der Waals surface area contributed by atoms with Crippen LogP contribution in [-0.4, -0.2) is 84.6 Å². The fourth-order valence-corrected chi connectivity index (χ4v) is 9.61. The third-order valence-electron chi connectivity index (χ3n) is 12.1. The molecule has 2 aromatic heterocycles. The molecule has 0 saturated heterocycles. The molecule has 0 spiro atoms. The molecule has 4 aliphatic rings. The van der Waals surface area contributed by atoms with Crippen LogP contribution in [0.3, 0.4) is 0 Å². The number of benzene rings is 2. The summed E-state index contributed by atoms with van der Waals surface area (Å²) in [5, 5.41) is 14.9. The van der Waals surface area contributed by atoms with E-state index in [1.54, 1.807) is 24.3 Å². The van der Waals surface area contributed by atoms with Gasteiger partial charge in [-0.05, 0) is 62.6 Å². The largest absolute Gasteiger partial charge is 0.469 e. The zero-order chi connectivity index (χ0) is 44.5. The molecule has 294 valence electrons. The molecule has 0 atom stereocenters. The van der Waals surface area contributed by atoms with E-state index in [9.17, 15) is 24.3 Å². The van der Waals surface area contributed by atoms with Crippen molar-refractivity contribution in [1.29, 1.82) is 0 Å². The summed E-state index contributed by atoms with van der Waals surface area (Å²) in [6.07, 6.45) is 4.55. The van der Waals surface area contributed by atoms with Crippen LogP contribution in [0.4, 0.5) is 16.2 Å². The van der Waals surface area contributed by atoms with Gasteiger partial charge in [0.15, 0.2) is 11.6 Å². The Balaban J connectivity index is 0.999. The van der Waals surface area contributed by atoms with Crippen molar-refractivity contribution in [3.8, 4) is 11.1 Å². The fraction of sp³-hybridized carbons (Fsp3) is 0.450. The minimum Gasteiger partial charge on any atom is -0.469 e. The van der Waals surface area contributed by atoms with Crippen molar-refractivity contribution < 1.29 is 37.2 Å². The van der Waals surface area contributed by atoms with Crippen LogP contribution in [0.5, 0.6) is 0 Å². The number of carboxylic acid groups (broad SMARTS) is 1. The lowest BCUT2D eigenvalue weighted by Crippen LogP contribution is -2.35. The lowest BCUT2D eigenvalue weighted by Gasteiger charge is -2.32. The molecule has 2 fully saturated rings. The van der Waals surface area contributed by atoms with Crippen LogP contribution < -0.4 is 10.6 Å². The average Bonchev–Trinajstić information content (AvgIpc) is 4.00. The molecule has 2 saturated carbocycles. The highest BCUT2D eigenvalue weighted by atomic mass is 35.5. The molecule has 0 unspecified atom stereocenters. The molecule has 16 heteroatoms. The standard InChI is InChI=1S/C40H44Cl2N8O6/c1-47-29-10-17-49(19-16-39-12-14-40(22-39,15-13-39)37(53)56-3)20-27(29)43-33(47)35(51)45-25-8-4-6-23(31(25)41)24-7-5-9-26(32(24)42)46-36(52)34-44-28-21-50(38(54)55)18-11-30(28)48(34)2/h4-9H,10-22H2,1-3H3,(H,45,51)(H,46,52)(H,54,55)/i1D3,2D3. The molecule has 4 heterocycles. The Morgan fingerprint density at radius 2 is 1.39 bits per heavy atom. The van der Waals surface area contributed by atoms with Crippen molar-refractivity contribution in [3.63, 3.8) is 0 Å². The first kappa shape index (κ1) is 31.2. The minimum absolute atomic E-state index is 0.0263. The normalized spacial score (nSPS) is 23.4. The number of fused-ring (bicyclic) bond motifs is 4. The maximum Gasteiger partial charge on any atom is 0.407 e. The van der Waals surface area contributed by atoms with E-state index < -0.39 is 37.7 Å². The average molecular weight is 810 g/mol. The first-order valence-corrected chi connectivity index (χ1v) is 19.2. The van der Waals surface area contributed by atoms with Gasteiger partial charge in [0.25, 0.3) is 11.8 Å². The van der Waals surface area contributed by atoms with Crippen molar-refractivity contribution in [3.05, 3.63) is 80.9 Å². The summed E-state index contributed by atoms with van der Waals surface area (Å²) in [6, 6.07) is 9.49. The molecule has 2 aliphatic heterocycles. The molecule has 0 radical (unpaired) electrons. The number of esters is 1. The summed E-state index contributed by atoms with van der Waals surface area (Å²) in [6.45, 7) is -3.96. The Hall–Kier alpha value is -4.92. The third-order valence-corrected chi connectivity index (χ3v) is 12.9. The van der Waals surface area contributed by atoms with Crippen LogP contribution in [0, 0.1) is 10.8 Å². The molecule has 56 heavy (non-hydrogen) atoms. The van der Waals surface area contributed by atoms with Crippen LogP contribution in [0.2, 0.25) is 10.0 Å². The van der Waals surface area contributed by atoms with E-state index in [-0.39, 0.29) is 74.9 Å². The topological polar surface area (TPSA) is 164 Å². The highest BCUT2D eigenvalue weighted by molar-refractivity contribution is 6.40. The van der Waals surface area contributed by atoms with Crippen molar-refractivity contribution in [1.82, 2.24) is 28.9 Å². The lowest BCUT2D eigenvalue weighted by atomic mass is 9.80. The number of amides is 3. The summed E-state index contributed by atoms with van der Waals surface area (Å²) in [7, 11) is 1.45. The summed E-state index contributed by atoms with van der Waals surface area (Å²) in [5.74, 6) is -2.54. The Morgan fingerprint density at radius 3 is 1.93 bits per heavy atom. The van der Waals surface area contributed by atoms with Crippen LogP contribution in [-0.2, 0) is 49.4 Å². The van der Waals surface area contributed by atoms with Crippen LogP contribution in [0.15, 0.2) is 36.4 Å². The van der Waals surface area contributed by atoms with Gasteiger partial charge in [0.1, 0.15) is 0 Å². The predicted octanol–water partition coefficient (Wildman–Crippen LogP) is 6.54. The van der Waals surface area contributed by atoms with Crippen molar-refractivity contribution in [2.45, 2.75) is 64.5 Å². The number of nitrogens with one attached hydrogen (secondary N) is 2. The molecule has 3 N–H and O–H groups in total. The van der Waals surface area contributed by atoms with E-state index in [1.165, 1.54) is 19.2 Å². The molecular weight excluding hydrogens is 759 g/mol. The van der Waals surface area contributed by atoms with Gasteiger partial charge in [-0.1, -0.05) is 47.5 Å². The Bertz CT molecular complexity index is 2500. The van der Waals surface area contributed by atoms with Gasteiger partial charge in [-0.25, -0.2) is 14.8 Å². The summed E-state index contributed by atoms with van der Waals surface area (Å²) < 4.78 is 56.3. The van der Waals surface area contributed by atoms with Crippen LogP contribution >= 0.6 is 23.2 Å². The van der Waals surface area contributed by atoms with Crippen LogP contribution in [0.25, 0.3) is 11.1 Å². The van der Waals surface area contributed by atoms with Gasteiger partial charge < -0.3 is 34.5 Å². The number of ether oxygens (including phenoxy) is 1. The molecule has 4 aromatic rings. The fourth-order valence-electron chi connectivity index (χ4n) is 9.06. The SMILES string of the molecule is [2H]C([2H])([2H])n1c(C(=O)Nc2cccc(-c3cccc(NC(=O)c4nc5c(n4C([2H])([2H])[2H])CCN(C(=O)O)C5)c3Cl)c2Cl)nc2c1CCN(CCC13CCC(C(=O)OC)(CC1)C3)C2. The number of hydrogen-bond acceptors (Lipinski definition) is 8. The molecule has 2 bridgehead atoms. The lowest BCUT2D eigenvalue weighted by molar-refractivity contribution is -0.152. The molecule has 14 nitrogen and oxygen atoms in total. The zero-order valence-corrected chi connectivity index (χ0v) is 32.1. The van der Waals surface area contributed by atoms with Crippen molar-refractivity contribution in [2.75, 3.05) is 37.4 Å². The smallest absolute Gasteiger partial charge is 0.407 e. The van der Waals surface area contributed by atoms with Crippen molar-refractivity contribution in [2.24, 2.45) is 24.8 Å². The van der Waals surface area contributed by atoms with Gasteiger partial charge in [0, 0.05) is 77.2 Å². The predicted molar refractivity (Wildman–Crippen MR) is 210 cm³/mol. The van der Waals surface area contributed by atoms with E-state index in [2.05, 4.69) is 25.5 Å². The van der Waals surface area contributed by atoms with E-state index in [0.717, 1.165) is 59.1 Å². The second-order valence-corrected chi connectivity index (χ2v) is 16.0. The highest BCUT2D eigenvalue weighted by Crippen LogP contribution is 2.63. The summed E-state index contributed by atoms with van der Waals surface area (Å²) >= 11 is 13.8. The number of aromatic nitrogens is 4. The number of anilines is 2. The molecule has 2 aliphatic carbocycles. The van der Waals surface area contributed by atoms with Crippen molar-refractivity contribution >= 4 is 58.5 Å². The Morgan fingerprint density at radius 1 is 0.839 bits per heavy atom. The van der Waals surface area contributed by atoms with Gasteiger partial charge in [-0.3, -0.25) is 19.3 Å². The molecule has 8 rings (SSSR count). The van der Waals surface area contributed by atoms with Gasteiger partial charge >= 0.3 is 12.1 Å². The number of methoxy groups -OCH3 is 1. The second-order valence-electron chi connectivity index (χ2n) is 15.2. The van der Waals surface area contributed by atoms with Gasteiger partial charge in [0.2, 0.25) is 0 Å². The maximum absolute atomic E-state index is 14.0. The summed E-state index contributed by atoms with van der Waals surface area (Å²) in [4.78, 5) is 63.9. The third kappa shape index (κ3) is 6.60. The number of carbonyl (C=O) groups is 4. The van der Waals surface area contributed by atoms with Crippen LogP contribution in [0.1, 0.15) is 90.8 Å². The summed E-state index contributed by atoms with van der Waals surface area (Å²) in [5.41, 5.74) is 1.97. The minimum atomic E-state index is -2.80. The van der Waals surface area contributed by atoms with E-state index in [1.807, 2.05) is 0 Å². The van der Waals surface area contributed by atoms with E-state index >= 15 is 0 Å². The van der Waals surface area contributed by atoms with E-state index in [0.29, 0.717) is 42.0 Å². The second kappa shape index (κ2) is 14.5. The number of nitrogens with zero attached hydrogens (tertiary/aromatic N) is 6. The number of hydrogen-bond donors (Lipinski definition) is 3. The highest BCUT2D eigenvalue weighted by Gasteiger charge is 2.58. The Kier molecular flexibility index (Phi) is 8.10. The zero-order valence-electron chi connectivity index (χ0n) is 36.6. The number of carbonyl (C=O) groups excluding carboxylic acids is 3. The van der Waals surface area contributed by atoms with E-state index in [4.69, 9.17) is 36.2 Å². The molecule has 2 aromatic carbocycles. The monoisotopic (exact) mass is 808 g/mol. The maximum atomic E-state index is 14.0. The van der Waals surface area contributed by atoms with Gasteiger partial charge in [-0.15, -0.1) is 0 Å². The first-order valence-electron chi connectivity index (χ1n) is 21.4. The quantitative estimate of drug-likeness (QED) is 0.159. The molecular formula is C40H44Cl2N8O6. The Labute approximate surface area is 342 Å². The van der Waals surface area contributed by atoms with Gasteiger partial charge in [0.05, 0.1) is 51.9 Å².